The van der Waals surface area contributed by atoms with Crippen molar-refractivity contribution in [1.29, 1.82) is 0 Å². The van der Waals surface area contributed by atoms with Crippen molar-refractivity contribution in [1.82, 2.24) is 5.43 Å². The SMILES string of the molecule is CC(=NNC(=O)C(C)Oc1ccc(Cl)cc1C)c1ccc(C2CCCCC2)cc1. The number of hydrogen-bond donors (Lipinski definition) is 1. The van der Waals surface area contributed by atoms with Gasteiger partial charge in [-0.15, -0.1) is 0 Å². The first-order valence-corrected chi connectivity index (χ1v) is 10.7. The van der Waals surface area contributed by atoms with E-state index in [0.717, 1.165) is 16.8 Å². The number of aryl methyl sites for hydroxylation is 1. The number of carbonyl (C=O) groups excluding carboxylic acids is 1. The minimum atomic E-state index is -0.667. The van der Waals surface area contributed by atoms with Crippen molar-refractivity contribution in [2.45, 2.75) is 64.9 Å². The largest absolute Gasteiger partial charge is 0.481 e. The topological polar surface area (TPSA) is 50.7 Å². The molecule has 4 nitrogen and oxygen atoms in total. The highest BCUT2D eigenvalue weighted by Crippen LogP contribution is 2.32. The van der Waals surface area contributed by atoms with Crippen LogP contribution in [0.5, 0.6) is 5.75 Å². The molecule has 0 radical (unpaired) electrons. The first kappa shape index (κ1) is 21.4. The van der Waals surface area contributed by atoms with E-state index in [1.807, 2.05) is 13.8 Å². The van der Waals surface area contributed by atoms with Gasteiger partial charge in [0, 0.05) is 5.02 Å². The summed E-state index contributed by atoms with van der Waals surface area (Å²) in [6, 6.07) is 13.9. The van der Waals surface area contributed by atoms with E-state index >= 15 is 0 Å². The van der Waals surface area contributed by atoms with Gasteiger partial charge in [0.2, 0.25) is 0 Å². The Morgan fingerprint density at radius 3 is 2.48 bits per heavy atom. The summed E-state index contributed by atoms with van der Waals surface area (Å²) in [7, 11) is 0. The summed E-state index contributed by atoms with van der Waals surface area (Å²) in [4.78, 5) is 12.4. The summed E-state index contributed by atoms with van der Waals surface area (Å²) >= 11 is 5.96. The summed E-state index contributed by atoms with van der Waals surface area (Å²) in [5.41, 5.74) is 6.67. The van der Waals surface area contributed by atoms with Gasteiger partial charge in [0.25, 0.3) is 5.91 Å². The summed E-state index contributed by atoms with van der Waals surface area (Å²) in [6.45, 7) is 5.49. The Hall–Kier alpha value is -2.33. The van der Waals surface area contributed by atoms with Crippen LogP contribution < -0.4 is 10.2 Å². The monoisotopic (exact) mass is 412 g/mol. The van der Waals surface area contributed by atoms with Gasteiger partial charge in [-0.05, 0) is 74.4 Å². The molecule has 0 spiro atoms. The standard InChI is InChI=1S/C24H29ClN2O2/c1-16-15-22(25)13-14-23(16)29-18(3)24(28)27-26-17(2)19-9-11-21(12-10-19)20-7-5-4-6-8-20/h9-15,18,20H,4-8H2,1-3H3,(H,27,28). The first-order valence-electron chi connectivity index (χ1n) is 10.3. The van der Waals surface area contributed by atoms with Crippen molar-refractivity contribution in [3.05, 3.63) is 64.2 Å². The minimum Gasteiger partial charge on any atom is -0.481 e. The Morgan fingerprint density at radius 2 is 1.83 bits per heavy atom. The predicted octanol–water partition coefficient (Wildman–Crippen LogP) is 6.00. The van der Waals surface area contributed by atoms with Gasteiger partial charge in [0.05, 0.1) is 5.71 Å². The summed E-state index contributed by atoms with van der Waals surface area (Å²) in [5, 5.41) is 4.89. The number of nitrogens with one attached hydrogen (secondary N) is 1. The maximum atomic E-state index is 12.4. The van der Waals surface area contributed by atoms with Crippen LogP contribution in [0.3, 0.4) is 0 Å². The molecule has 5 heteroatoms. The lowest BCUT2D eigenvalue weighted by Crippen LogP contribution is -2.34. The van der Waals surface area contributed by atoms with Crippen LogP contribution in [0.1, 0.15) is 68.6 Å². The van der Waals surface area contributed by atoms with Crippen molar-refractivity contribution in [2.24, 2.45) is 5.10 Å². The molecular formula is C24H29ClN2O2. The molecule has 0 aromatic heterocycles. The Labute approximate surface area is 178 Å². The molecule has 0 bridgehead atoms. The summed E-state index contributed by atoms with van der Waals surface area (Å²) in [6.07, 6.45) is 5.92. The molecule has 1 saturated carbocycles. The van der Waals surface area contributed by atoms with Gasteiger partial charge in [0.1, 0.15) is 5.75 Å². The quantitative estimate of drug-likeness (QED) is 0.467. The molecular weight excluding hydrogens is 384 g/mol. The van der Waals surface area contributed by atoms with E-state index in [9.17, 15) is 4.79 Å². The van der Waals surface area contributed by atoms with Crippen molar-refractivity contribution in [2.75, 3.05) is 0 Å². The molecule has 1 N–H and O–H groups in total. The number of carbonyl (C=O) groups is 1. The van der Waals surface area contributed by atoms with Crippen molar-refractivity contribution in [3.8, 4) is 5.75 Å². The summed E-state index contributed by atoms with van der Waals surface area (Å²) < 4.78 is 5.74. The van der Waals surface area contributed by atoms with Crippen molar-refractivity contribution >= 4 is 23.2 Å². The average Bonchev–Trinajstić information content (AvgIpc) is 2.74. The van der Waals surface area contributed by atoms with Gasteiger partial charge in [-0.3, -0.25) is 4.79 Å². The van der Waals surface area contributed by atoms with Gasteiger partial charge in [-0.2, -0.15) is 5.10 Å². The van der Waals surface area contributed by atoms with Crippen molar-refractivity contribution < 1.29 is 9.53 Å². The molecule has 154 valence electrons. The predicted molar refractivity (Wildman–Crippen MR) is 119 cm³/mol. The summed E-state index contributed by atoms with van der Waals surface area (Å²) in [5.74, 6) is 1.03. The Bertz CT molecular complexity index is 871. The Balaban J connectivity index is 1.57. The molecule has 2 aromatic rings. The number of benzene rings is 2. The van der Waals surface area contributed by atoms with Crippen LogP contribution in [0.25, 0.3) is 0 Å². The molecule has 2 aromatic carbocycles. The number of hydrogen-bond acceptors (Lipinski definition) is 3. The molecule has 29 heavy (non-hydrogen) atoms. The smallest absolute Gasteiger partial charge is 0.280 e. The van der Waals surface area contributed by atoms with E-state index in [-0.39, 0.29) is 5.91 Å². The molecule has 1 aliphatic rings. The number of halogens is 1. The molecule has 3 rings (SSSR count). The normalized spacial score (nSPS) is 16.3. The number of nitrogens with zero attached hydrogens (tertiary/aromatic N) is 1. The van der Waals surface area contributed by atoms with Gasteiger partial charge in [0.15, 0.2) is 6.10 Å². The molecule has 1 unspecified atom stereocenters. The Kier molecular flexibility index (Phi) is 7.32. The minimum absolute atomic E-state index is 0.294. The first-order chi connectivity index (χ1) is 13.9. The van der Waals surface area contributed by atoms with E-state index in [1.54, 1.807) is 25.1 Å². The van der Waals surface area contributed by atoms with Crippen LogP contribution in [-0.2, 0) is 4.79 Å². The highest BCUT2D eigenvalue weighted by Gasteiger charge is 2.17. The second kappa shape index (κ2) is 9.93. The van der Waals surface area contributed by atoms with Crippen molar-refractivity contribution in [3.63, 3.8) is 0 Å². The zero-order valence-corrected chi connectivity index (χ0v) is 18.1. The lowest BCUT2D eigenvalue weighted by Gasteiger charge is -2.22. The fraction of sp³-hybridized carbons (Fsp3) is 0.417. The third-order valence-electron chi connectivity index (χ3n) is 5.55. The molecule has 0 heterocycles. The van der Waals surface area contributed by atoms with E-state index in [0.29, 0.717) is 16.7 Å². The fourth-order valence-electron chi connectivity index (χ4n) is 3.72. The van der Waals surface area contributed by atoms with Crippen LogP contribution in [-0.4, -0.2) is 17.7 Å². The lowest BCUT2D eigenvalue weighted by molar-refractivity contribution is -0.127. The lowest BCUT2D eigenvalue weighted by atomic mass is 9.84. The molecule has 1 amide bonds. The zero-order valence-electron chi connectivity index (χ0n) is 17.4. The van der Waals surface area contributed by atoms with Crippen LogP contribution in [0, 0.1) is 6.92 Å². The van der Waals surface area contributed by atoms with Crippen LogP contribution in [0.4, 0.5) is 0 Å². The zero-order chi connectivity index (χ0) is 20.8. The maximum absolute atomic E-state index is 12.4. The molecule has 1 aliphatic carbocycles. The third kappa shape index (κ3) is 5.83. The fourth-order valence-corrected chi connectivity index (χ4v) is 3.94. The van der Waals surface area contributed by atoms with Crippen LogP contribution in [0.15, 0.2) is 47.6 Å². The number of ether oxygens (including phenoxy) is 1. The number of rotatable bonds is 6. The van der Waals surface area contributed by atoms with E-state index in [2.05, 4.69) is 34.8 Å². The molecule has 0 aliphatic heterocycles. The van der Waals surface area contributed by atoms with Gasteiger partial charge >= 0.3 is 0 Å². The second-order valence-electron chi connectivity index (χ2n) is 7.80. The third-order valence-corrected chi connectivity index (χ3v) is 5.78. The van der Waals surface area contributed by atoms with Gasteiger partial charge in [-0.25, -0.2) is 5.43 Å². The highest BCUT2D eigenvalue weighted by molar-refractivity contribution is 6.30. The second-order valence-corrected chi connectivity index (χ2v) is 8.24. The van der Waals surface area contributed by atoms with E-state index < -0.39 is 6.10 Å². The van der Waals surface area contributed by atoms with Crippen LogP contribution in [0.2, 0.25) is 5.02 Å². The molecule has 1 fully saturated rings. The highest BCUT2D eigenvalue weighted by atomic mass is 35.5. The van der Waals surface area contributed by atoms with Gasteiger partial charge < -0.3 is 4.74 Å². The maximum Gasteiger partial charge on any atom is 0.280 e. The van der Waals surface area contributed by atoms with E-state index in [1.165, 1.54) is 37.7 Å². The number of amides is 1. The van der Waals surface area contributed by atoms with Gasteiger partial charge in [-0.1, -0.05) is 55.1 Å². The molecule has 0 saturated heterocycles. The number of hydrazone groups is 1. The average molecular weight is 413 g/mol. The van der Waals surface area contributed by atoms with E-state index in [4.69, 9.17) is 16.3 Å². The van der Waals surface area contributed by atoms with Crippen LogP contribution >= 0.6 is 11.6 Å². The molecule has 1 atom stereocenters. The Morgan fingerprint density at radius 1 is 1.14 bits per heavy atom.